The van der Waals surface area contributed by atoms with Gasteiger partial charge in [0.25, 0.3) is 0 Å². The van der Waals surface area contributed by atoms with Crippen molar-refractivity contribution < 1.29 is 0 Å². The van der Waals surface area contributed by atoms with E-state index in [0.29, 0.717) is 0 Å². The Morgan fingerprint density at radius 3 is 0.486 bits per heavy atom. The van der Waals surface area contributed by atoms with Crippen LogP contribution in [0.1, 0.15) is 212 Å². The third kappa shape index (κ3) is 36.6. The number of unbranched alkanes of at least 4 members (excludes halogenated alkanes) is 32. The molecular weight excluding hydrogens is 488 g/mol. The summed E-state index contributed by atoms with van der Waals surface area (Å²) in [7, 11) is 0. The number of hydrogen-bond donors (Lipinski definition) is 1. The van der Waals surface area contributed by atoms with Gasteiger partial charge in [-0.15, -0.1) is 11.6 Å². The molecule has 0 saturated heterocycles. The topological polar surface area (TPSA) is 0 Å². The van der Waals surface area contributed by atoms with E-state index in [1.807, 2.05) is 0 Å². The summed E-state index contributed by atoms with van der Waals surface area (Å²) in [5.74, 6) is 1.91. The van der Waals surface area contributed by atoms with Gasteiger partial charge in [0.05, 0.1) is 0 Å². The first kappa shape index (κ1) is 37.6. The Labute approximate surface area is 247 Å². The first-order chi connectivity index (χ1) is 18.4. The minimum atomic E-state index is 0.846. The molecule has 0 bridgehead atoms. The predicted molar refractivity (Wildman–Crippen MR) is 177 cm³/mol. The van der Waals surface area contributed by atoms with Gasteiger partial charge in [0.15, 0.2) is 0 Å². The van der Waals surface area contributed by atoms with Crippen molar-refractivity contribution in [3.8, 4) is 0 Å². The van der Waals surface area contributed by atoms with Gasteiger partial charge in [0.2, 0.25) is 0 Å². The van der Waals surface area contributed by atoms with Crippen molar-refractivity contribution in [1.29, 1.82) is 0 Å². The van der Waals surface area contributed by atoms with E-state index in [2.05, 4.69) is 12.6 Å². The molecule has 0 aliphatic carbocycles. The van der Waals surface area contributed by atoms with E-state index in [-0.39, 0.29) is 0 Å². The SMILES string of the molecule is SCCCCCCCCCCCCCCCCCCCCCCCCCCCCCCCCCCCCl. The van der Waals surface area contributed by atoms with Crippen LogP contribution >= 0.6 is 24.2 Å². The fourth-order valence-corrected chi connectivity index (χ4v) is 6.10. The number of thiol groups is 1. The van der Waals surface area contributed by atoms with Gasteiger partial charge in [-0.25, -0.2) is 0 Å². The fourth-order valence-electron chi connectivity index (χ4n) is 5.69. The fraction of sp³-hybridized carbons (Fsp3) is 1.00. The molecule has 37 heavy (non-hydrogen) atoms. The molecule has 0 aromatic heterocycles. The van der Waals surface area contributed by atoms with Gasteiger partial charge in [0.1, 0.15) is 0 Å². The Bertz CT molecular complexity index is 338. The third-order valence-corrected chi connectivity index (χ3v) is 8.88. The highest BCUT2D eigenvalue weighted by Gasteiger charge is 1.97. The minimum absolute atomic E-state index is 0.846. The molecule has 0 atom stereocenters. The second kappa shape index (κ2) is 36.6. The maximum atomic E-state index is 5.72. The lowest BCUT2D eigenvalue weighted by atomic mass is 10.0. The van der Waals surface area contributed by atoms with Crippen LogP contribution in [0.5, 0.6) is 0 Å². The van der Waals surface area contributed by atoms with Gasteiger partial charge >= 0.3 is 0 Å². The van der Waals surface area contributed by atoms with Crippen molar-refractivity contribution in [2.75, 3.05) is 11.6 Å². The zero-order valence-corrected chi connectivity index (χ0v) is 27.2. The van der Waals surface area contributed by atoms with E-state index in [1.54, 1.807) is 0 Å². The maximum Gasteiger partial charge on any atom is 0.0223 e. The predicted octanol–water partition coefficient (Wildman–Crippen LogP) is 14.0. The second-order valence-electron chi connectivity index (χ2n) is 12.1. The standard InChI is InChI=1S/C35H71ClS/c36-34-32-30-28-26-24-22-20-18-16-14-12-10-8-6-4-2-1-3-5-7-9-11-13-15-17-19-21-23-25-27-29-31-33-35-37/h37H,1-35H2. The lowest BCUT2D eigenvalue weighted by molar-refractivity contribution is 0.512. The highest BCUT2D eigenvalue weighted by Crippen LogP contribution is 2.17. The zero-order chi connectivity index (χ0) is 26.7. The van der Waals surface area contributed by atoms with E-state index in [4.69, 9.17) is 11.6 Å². The summed E-state index contributed by atoms with van der Waals surface area (Å²) in [4.78, 5) is 0. The molecule has 0 aliphatic heterocycles. The Morgan fingerprint density at radius 1 is 0.216 bits per heavy atom. The molecule has 0 saturated carbocycles. The molecule has 0 spiro atoms. The van der Waals surface area contributed by atoms with Crippen LogP contribution in [0, 0.1) is 0 Å². The summed E-state index contributed by atoms with van der Waals surface area (Å²) in [6.07, 6.45) is 47.9. The summed E-state index contributed by atoms with van der Waals surface area (Å²) in [5, 5.41) is 0. The monoisotopic (exact) mass is 558 g/mol. The average molecular weight is 559 g/mol. The number of hydrogen-bond acceptors (Lipinski definition) is 1. The van der Waals surface area contributed by atoms with E-state index in [9.17, 15) is 0 Å². The molecule has 0 aromatic rings. The quantitative estimate of drug-likeness (QED) is 0.0453. The van der Waals surface area contributed by atoms with Crippen LogP contribution in [-0.2, 0) is 0 Å². The van der Waals surface area contributed by atoms with Crippen LogP contribution in [0.25, 0.3) is 0 Å². The van der Waals surface area contributed by atoms with E-state index < -0.39 is 0 Å². The number of alkyl halides is 1. The molecule has 0 aliphatic rings. The highest BCUT2D eigenvalue weighted by molar-refractivity contribution is 7.80. The van der Waals surface area contributed by atoms with Crippen LogP contribution in [0.3, 0.4) is 0 Å². The summed E-state index contributed by atoms with van der Waals surface area (Å²) in [6.45, 7) is 0. The maximum absolute atomic E-state index is 5.72. The number of rotatable bonds is 34. The van der Waals surface area contributed by atoms with Gasteiger partial charge in [-0.05, 0) is 18.6 Å². The summed E-state index contributed by atoms with van der Waals surface area (Å²) in [6, 6.07) is 0. The third-order valence-electron chi connectivity index (χ3n) is 8.29. The molecular formula is C35H71ClS. The molecule has 0 heterocycles. The molecule has 2 heteroatoms. The van der Waals surface area contributed by atoms with Gasteiger partial charge in [-0.3, -0.25) is 0 Å². The normalized spacial score (nSPS) is 11.5. The lowest BCUT2D eigenvalue weighted by Gasteiger charge is -2.05. The highest BCUT2D eigenvalue weighted by atomic mass is 35.5. The van der Waals surface area contributed by atoms with Crippen molar-refractivity contribution >= 4 is 24.2 Å². The summed E-state index contributed by atoms with van der Waals surface area (Å²) >= 11 is 10.0. The smallest absolute Gasteiger partial charge is 0.0223 e. The van der Waals surface area contributed by atoms with E-state index in [0.717, 1.165) is 11.6 Å². The van der Waals surface area contributed by atoms with Gasteiger partial charge < -0.3 is 0 Å². The van der Waals surface area contributed by atoms with Gasteiger partial charge in [-0.2, -0.15) is 12.6 Å². The molecule has 0 amide bonds. The van der Waals surface area contributed by atoms with Crippen LogP contribution < -0.4 is 0 Å². The van der Waals surface area contributed by atoms with Crippen LogP contribution in [0.4, 0.5) is 0 Å². The van der Waals surface area contributed by atoms with Crippen molar-refractivity contribution in [3.63, 3.8) is 0 Å². The van der Waals surface area contributed by atoms with Gasteiger partial charge in [-0.1, -0.05) is 199 Å². The van der Waals surface area contributed by atoms with Crippen LogP contribution in [-0.4, -0.2) is 11.6 Å². The second-order valence-corrected chi connectivity index (χ2v) is 12.9. The van der Waals surface area contributed by atoms with Crippen molar-refractivity contribution in [3.05, 3.63) is 0 Å². The zero-order valence-electron chi connectivity index (χ0n) is 25.6. The first-order valence-corrected chi connectivity index (χ1v) is 18.8. The number of halogens is 1. The molecule has 224 valence electrons. The molecule has 0 nitrogen and oxygen atoms in total. The Kier molecular flexibility index (Phi) is 37.3. The largest absolute Gasteiger partial charge is 0.179 e. The Balaban J connectivity index is 3.00. The summed E-state index contributed by atoms with van der Waals surface area (Å²) in [5.41, 5.74) is 0. The van der Waals surface area contributed by atoms with E-state index >= 15 is 0 Å². The molecule has 0 aromatic carbocycles. The first-order valence-electron chi connectivity index (χ1n) is 17.6. The molecule has 0 rings (SSSR count). The minimum Gasteiger partial charge on any atom is -0.179 e. The van der Waals surface area contributed by atoms with Crippen molar-refractivity contribution in [2.45, 2.75) is 212 Å². The average Bonchev–Trinajstić information content (AvgIpc) is 2.91. The van der Waals surface area contributed by atoms with Gasteiger partial charge in [0, 0.05) is 5.88 Å². The Morgan fingerprint density at radius 2 is 0.351 bits per heavy atom. The van der Waals surface area contributed by atoms with E-state index in [1.165, 1.54) is 212 Å². The molecule has 0 unspecified atom stereocenters. The van der Waals surface area contributed by atoms with Crippen LogP contribution in [0.15, 0.2) is 0 Å². The molecule has 0 radical (unpaired) electrons. The Hall–Kier alpha value is 0.640. The molecule has 0 N–H and O–H groups in total. The van der Waals surface area contributed by atoms with Crippen LogP contribution in [0.2, 0.25) is 0 Å². The van der Waals surface area contributed by atoms with Crippen molar-refractivity contribution in [1.82, 2.24) is 0 Å². The molecule has 0 fully saturated rings. The lowest BCUT2D eigenvalue weighted by Crippen LogP contribution is -1.85. The van der Waals surface area contributed by atoms with Crippen molar-refractivity contribution in [2.24, 2.45) is 0 Å². The summed E-state index contributed by atoms with van der Waals surface area (Å²) < 4.78 is 0.